The highest BCUT2D eigenvalue weighted by molar-refractivity contribution is 6.38. The van der Waals surface area contributed by atoms with Crippen molar-refractivity contribution in [1.29, 1.82) is 0 Å². The summed E-state index contributed by atoms with van der Waals surface area (Å²) in [4.78, 5) is 75.0. The molecule has 1 aliphatic carbocycles. The number of hydrogen-bond donors (Lipinski definition) is 1. The maximum atomic E-state index is 14.4. The van der Waals surface area contributed by atoms with Crippen LogP contribution in [0.2, 0.25) is 5.02 Å². The van der Waals surface area contributed by atoms with Gasteiger partial charge >= 0.3 is 6.09 Å². The molecule has 10 nitrogen and oxygen atoms in total. The summed E-state index contributed by atoms with van der Waals surface area (Å²) in [5, 5.41) is 6.96. The molecule has 1 aromatic carbocycles. The van der Waals surface area contributed by atoms with Gasteiger partial charge in [-0.2, -0.15) is 0 Å². The lowest BCUT2D eigenvalue weighted by atomic mass is 9.84. The fourth-order valence-electron chi connectivity index (χ4n) is 6.49. The van der Waals surface area contributed by atoms with Crippen LogP contribution in [0.3, 0.4) is 0 Å². The number of alkyl carbamates (subject to hydrolysis) is 1. The monoisotopic (exact) mass is 689 g/mol. The SMILES string of the molecule is CCC[C@H](CC(=O)[C@@H]1C[C@]2(CC(c3cc(Cl)c(F)cc3C)=NO2)CN1C(=O)[C@@H](NC(=O)OC(C)(C)C)C(C)(C)C)C(=O)C(=O)CC1CC1. The second kappa shape index (κ2) is 14.3. The van der Waals surface area contributed by atoms with E-state index in [1.54, 1.807) is 48.5 Å². The summed E-state index contributed by atoms with van der Waals surface area (Å²) < 4.78 is 19.6. The van der Waals surface area contributed by atoms with E-state index in [9.17, 15) is 28.4 Å². The first kappa shape index (κ1) is 37.5. The smallest absolute Gasteiger partial charge is 0.408 e. The summed E-state index contributed by atoms with van der Waals surface area (Å²) in [6.07, 6.45) is 2.33. The quantitative estimate of drug-likeness (QED) is 0.248. The first-order valence-electron chi connectivity index (χ1n) is 16.8. The molecule has 0 radical (unpaired) electrons. The molecule has 1 spiro atoms. The Morgan fingerprint density at radius 3 is 2.40 bits per heavy atom. The van der Waals surface area contributed by atoms with E-state index in [-0.39, 0.29) is 49.0 Å². The van der Waals surface area contributed by atoms with Crippen molar-refractivity contribution in [3.63, 3.8) is 0 Å². The summed E-state index contributed by atoms with van der Waals surface area (Å²) >= 11 is 6.09. The Balaban J connectivity index is 1.64. The van der Waals surface area contributed by atoms with Crippen LogP contribution in [0.25, 0.3) is 0 Å². The largest absolute Gasteiger partial charge is 0.444 e. The summed E-state index contributed by atoms with van der Waals surface area (Å²) in [6, 6.07) is 0.702. The van der Waals surface area contributed by atoms with Crippen molar-refractivity contribution in [1.82, 2.24) is 10.2 Å². The lowest BCUT2D eigenvalue weighted by Crippen LogP contribution is -2.57. The van der Waals surface area contributed by atoms with Crippen molar-refractivity contribution in [3.8, 4) is 0 Å². The number of benzene rings is 1. The van der Waals surface area contributed by atoms with E-state index in [0.717, 1.165) is 12.8 Å². The molecule has 0 unspecified atom stereocenters. The van der Waals surface area contributed by atoms with Gasteiger partial charge in [-0.15, -0.1) is 0 Å². The van der Waals surface area contributed by atoms with Gasteiger partial charge in [-0.1, -0.05) is 50.9 Å². The molecule has 4 atom stereocenters. The van der Waals surface area contributed by atoms with Gasteiger partial charge in [0.1, 0.15) is 17.5 Å². The molecule has 12 heteroatoms. The maximum Gasteiger partial charge on any atom is 0.408 e. The van der Waals surface area contributed by atoms with Crippen LogP contribution in [0.1, 0.15) is 111 Å². The van der Waals surface area contributed by atoms with Gasteiger partial charge in [0.15, 0.2) is 17.2 Å². The van der Waals surface area contributed by atoms with E-state index in [1.807, 2.05) is 6.92 Å². The van der Waals surface area contributed by atoms with Gasteiger partial charge in [-0.3, -0.25) is 19.2 Å². The Labute approximate surface area is 287 Å². The van der Waals surface area contributed by atoms with E-state index in [4.69, 9.17) is 21.2 Å². The molecule has 1 saturated carbocycles. The van der Waals surface area contributed by atoms with Crippen LogP contribution < -0.4 is 5.32 Å². The number of halogens is 2. The molecule has 0 aromatic heterocycles. The number of nitrogens with zero attached hydrogens (tertiary/aromatic N) is 2. The average Bonchev–Trinajstić information content (AvgIpc) is 3.57. The molecular weight excluding hydrogens is 641 g/mol. The molecule has 2 aliphatic heterocycles. The number of nitrogens with one attached hydrogen (secondary N) is 1. The van der Waals surface area contributed by atoms with Crippen molar-refractivity contribution in [3.05, 3.63) is 34.1 Å². The molecule has 2 heterocycles. The Kier molecular flexibility index (Phi) is 11.1. The third-order valence-corrected chi connectivity index (χ3v) is 9.44. The molecule has 2 fully saturated rings. The predicted molar refractivity (Wildman–Crippen MR) is 179 cm³/mol. The van der Waals surface area contributed by atoms with Crippen molar-refractivity contribution in [2.45, 2.75) is 130 Å². The van der Waals surface area contributed by atoms with Crippen LogP contribution in [0.15, 0.2) is 17.3 Å². The first-order valence-corrected chi connectivity index (χ1v) is 17.2. The number of ether oxygens (including phenoxy) is 1. The number of ketones is 3. The molecule has 4 rings (SSSR count). The van der Waals surface area contributed by atoms with E-state index in [0.29, 0.717) is 29.7 Å². The molecule has 2 amide bonds. The molecule has 1 aromatic rings. The number of likely N-dealkylation sites (tertiary alicyclic amines) is 1. The predicted octanol–water partition coefficient (Wildman–Crippen LogP) is 6.50. The van der Waals surface area contributed by atoms with Crippen LogP contribution >= 0.6 is 11.6 Å². The molecule has 48 heavy (non-hydrogen) atoms. The summed E-state index contributed by atoms with van der Waals surface area (Å²) in [6.45, 7) is 14.1. The molecular formula is C36H49ClFN3O7. The molecule has 3 aliphatic rings. The molecule has 0 bridgehead atoms. The molecule has 264 valence electrons. The molecule has 1 saturated heterocycles. The minimum absolute atomic E-state index is 0.0290. The van der Waals surface area contributed by atoms with Crippen LogP contribution in [0, 0.1) is 30.0 Å². The zero-order chi connectivity index (χ0) is 35.8. The standard InChI is InChI=1S/C36H49ClFN3O7/c1-9-10-22(30(44)29(43)14-21-11-12-21)15-28(42)27-18-36(17-26(40-48-36)23-16-24(37)25(38)13-20(23)2)19-41(27)32(45)31(34(3,4)5)39-33(46)47-35(6,7)8/h13,16,21-22,27,31H,9-12,14-15,17-19H2,1-8H3,(H,39,46)/t22-,27+,31-,36-/m1/s1. The summed E-state index contributed by atoms with van der Waals surface area (Å²) in [5.41, 5.74) is -1.00. The number of rotatable bonds is 12. The number of amides is 2. The van der Waals surface area contributed by atoms with Crippen LogP contribution in [-0.2, 0) is 28.8 Å². The maximum absolute atomic E-state index is 14.4. The number of Topliss-reactive ketones (excluding diaryl/α,β-unsaturated/α-hetero) is 3. The van der Waals surface area contributed by atoms with Crippen molar-refractivity contribution < 1.29 is 37.9 Å². The number of hydrogen-bond acceptors (Lipinski definition) is 8. The third kappa shape index (κ3) is 9.01. The second-order valence-corrected chi connectivity index (χ2v) is 16.2. The number of oxime groups is 1. The summed E-state index contributed by atoms with van der Waals surface area (Å²) in [5.74, 6) is -2.97. The van der Waals surface area contributed by atoms with E-state index in [2.05, 4.69) is 10.5 Å². The van der Waals surface area contributed by atoms with Crippen LogP contribution in [0.5, 0.6) is 0 Å². The Morgan fingerprint density at radius 2 is 1.81 bits per heavy atom. The fourth-order valence-corrected chi connectivity index (χ4v) is 6.65. The van der Waals surface area contributed by atoms with Crippen molar-refractivity contribution in [2.24, 2.45) is 22.4 Å². The van der Waals surface area contributed by atoms with Gasteiger partial charge < -0.3 is 19.8 Å². The first-order chi connectivity index (χ1) is 22.2. The number of carbonyl (C=O) groups is 5. The van der Waals surface area contributed by atoms with Crippen LogP contribution in [-0.4, -0.2) is 69.8 Å². The zero-order valence-corrected chi connectivity index (χ0v) is 30.1. The van der Waals surface area contributed by atoms with Gasteiger partial charge in [-0.05, 0) is 76.0 Å². The minimum Gasteiger partial charge on any atom is -0.444 e. The van der Waals surface area contributed by atoms with Gasteiger partial charge in [0.2, 0.25) is 11.7 Å². The lowest BCUT2D eigenvalue weighted by molar-refractivity contribution is -0.143. The van der Waals surface area contributed by atoms with Gasteiger partial charge in [0.25, 0.3) is 0 Å². The minimum atomic E-state index is -1.10. The van der Waals surface area contributed by atoms with E-state index in [1.165, 1.54) is 17.0 Å². The number of aryl methyl sites for hydroxylation is 1. The van der Waals surface area contributed by atoms with Crippen LogP contribution in [0.4, 0.5) is 9.18 Å². The Hall–Kier alpha value is -3.34. The summed E-state index contributed by atoms with van der Waals surface area (Å²) in [7, 11) is 0. The van der Waals surface area contributed by atoms with Gasteiger partial charge in [0.05, 0.1) is 23.3 Å². The lowest BCUT2D eigenvalue weighted by Gasteiger charge is -2.36. The Bertz CT molecular complexity index is 1490. The molecule has 1 N–H and O–H groups in total. The van der Waals surface area contributed by atoms with Crippen molar-refractivity contribution in [2.75, 3.05) is 6.54 Å². The van der Waals surface area contributed by atoms with Gasteiger partial charge in [0, 0.05) is 37.2 Å². The Morgan fingerprint density at radius 1 is 1.15 bits per heavy atom. The highest BCUT2D eigenvalue weighted by Crippen LogP contribution is 2.42. The average molecular weight is 690 g/mol. The zero-order valence-electron chi connectivity index (χ0n) is 29.3. The number of carbonyl (C=O) groups excluding carboxylic acids is 5. The van der Waals surface area contributed by atoms with Crippen molar-refractivity contribution >= 4 is 46.7 Å². The highest BCUT2D eigenvalue weighted by Gasteiger charge is 2.55. The second-order valence-electron chi connectivity index (χ2n) is 15.8. The van der Waals surface area contributed by atoms with Gasteiger partial charge in [-0.25, -0.2) is 9.18 Å². The third-order valence-electron chi connectivity index (χ3n) is 9.15. The topological polar surface area (TPSA) is 131 Å². The highest BCUT2D eigenvalue weighted by atomic mass is 35.5. The fraction of sp³-hybridized carbons (Fsp3) is 0.667. The van der Waals surface area contributed by atoms with E-state index < -0.39 is 64.0 Å². The normalized spacial score (nSPS) is 22.2. The van der Waals surface area contributed by atoms with E-state index >= 15 is 0 Å².